The third kappa shape index (κ3) is 2.68. The second-order valence-corrected chi connectivity index (χ2v) is 5.15. The van der Waals surface area contributed by atoms with Crippen LogP contribution in [0, 0.1) is 13.8 Å². The van der Waals surface area contributed by atoms with Crippen molar-refractivity contribution in [1.29, 1.82) is 0 Å². The lowest BCUT2D eigenvalue weighted by atomic mass is 10.1. The first-order chi connectivity index (χ1) is 10.2. The summed E-state index contributed by atoms with van der Waals surface area (Å²) in [6.07, 6.45) is 0. The molecule has 0 atom stereocenters. The second kappa shape index (κ2) is 5.44. The van der Waals surface area contributed by atoms with Gasteiger partial charge in [0.15, 0.2) is 0 Å². The van der Waals surface area contributed by atoms with Crippen molar-refractivity contribution in [2.75, 3.05) is 7.11 Å². The Bertz CT molecular complexity index is 740. The Morgan fingerprint density at radius 2 is 1.57 bits per heavy atom. The monoisotopic (exact) mass is 278 g/mol. The number of nitrogens with zero attached hydrogens (tertiary/aromatic N) is 2. The molecule has 21 heavy (non-hydrogen) atoms. The molecular formula is C18H18N2O. The van der Waals surface area contributed by atoms with Crippen molar-refractivity contribution in [3.63, 3.8) is 0 Å². The van der Waals surface area contributed by atoms with Crippen molar-refractivity contribution in [3.05, 3.63) is 65.9 Å². The number of benzene rings is 2. The van der Waals surface area contributed by atoms with Crippen molar-refractivity contribution < 1.29 is 4.74 Å². The Morgan fingerprint density at radius 1 is 0.905 bits per heavy atom. The Kier molecular flexibility index (Phi) is 3.48. The van der Waals surface area contributed by atoms with Crippen LogP contribution in [-0.2, 0) is 0 Å². The van der Waals surface area contributed by atoms with Crippen LogP contribution in [0.25, 0.3) is 16.9 Å². The van der Waals surface area contributed by atoms with Crippen LogP contribution in [-0.4, -0.2) is 16.9 Å². The SMILES string of the molecule is COc1ccc(-n2nc(C)cc2-c2ccc(C)cc2)cc1. The topological polar surface area (TPSA) is 27.1 Å². The van der Waals surface area contributed by atoms with Gasteiger partial charge in [-0.1, -0.05) is 29.8 Å². The van der Waals surface area contributed by atoms with E-state index in [-0.39, 0.29) is 0 Å². The van der Waals surface area contributed by atoms with Crippen LogP contribution in [0.1, 0.15) is 11.3 Å². The number of aryl methyl sites for hydroxylation is 2. The Morgan fingerprint density at radius 3 is 2.19 bits per heavy atom. The first-order valence-electron chi connectivity index (χ1n) is 6.95. The summed E-state index contributed by atoms with van der Waals surface area (Å²) in [5.74, 6) is 0.847. The number of rotatable bonds is 3. The van der Waals surface area contributed by atoms with Gasteiger partial charge in [-0.25, -0.2) is 4.68 Å². The predicted molar refractivity (Wildman–Crippen MR) is 85.0 cm³/mol. The van der Waals surface area contributed by atoms with Crippen LogP contribution in [0.3, 0.4) is 0 Å². The zero-order chi connectivity index (χ0) is 14.8. The maximum Gasteiger partial charge on any atom is 0.119 e. The smallest absolute Gasteiger partial charge is 0.119 e. The number of hydrogen-bond donors (Lipinski definition) is 0. The quantitative estimate of drug-likeness (QED) is 0.719. The first kappa shape index (κ1) is 13.4. The minimum Gasteiger partial charge on any atom is -0.497 e. The van der Waals surface area contributed by atoms with E-state index in [1.807, 2.05) is 35.9 Å². The van der Waals surface area contributed by atoms with Crippen LogP contribution in [0.5, 0.6) is 5.75 Å². The summed E-state index contributed by atoms with van der Waals surface area (Å²) >= 11 is 0. The summed E-state index contributed by atoms with van der Waals surface area (Å²) in [6, 6.07) is 18.5. The number of hydrogen-bond acceptors (Lipinski definition) is 2. The van der Waals surface area contributed by atoms with Gasteiger partial charge < -0.3 is 4.74 Å². The Balaban J connectivity index is 2.08. The summed E-state index contributed by atoms with van der Waals surface area (Å²) in [4.78, 5) is 0. The molecule has 3 heteroatoms. The molecule has 0 spiro atoms. The molecule has 0 amide bonds. The lowest BCUT2D eigenvalue weighted by Gasteiger charge is -2.09. The number of aromatic nitrogens is 2. The van der Waals surface area contributed by atoms with Crippen LogP contribution < -0.4 is 4.74 Å². The maximum absolute atomic E-state index is 5.21. The Hall–Kier alpha value is -2.55. The van der Waals surface area contributed by atoms with Gasteiger partial charge in [0.25, 0.3) is 0 Å². The van der Waals surface area contributed by atoms with Crippen LogP contribution in [0.4, 0.5) is 0 Å². The van der Waals surface area contributed by atoms with Crippen molar-refractivity contribution in [1.82, 2.24) is 9.78 Å². The van der Waals surface area contributed by atoms with Crippen molar-refractivity contribution in [2.24, 2.45) is 0 Å². The van der Waals surface area contributed by atoms with Gasteiger partial charge in [-0.05, 0) is 44.2 Å². The van der Waals surface area contributed by atoms with Crippen molar-refractivity contribution in [3.8, 4) is 22.7 Å². The first-order valence-corrected chi connectivity index (χ1v) is 6.95. The molecule has 106 valence electrons. The molecule has 0 aliphatic carbocycles. The molecule has 3 nitrogen and oxygen atoms in total. The van der Waals surface area contributed by atoms with E-state index in [0.717, 1.165) is 28.4 Å². The van der Waals surface area contributed by atoms with E-state index >= 15 is 0 Å². The lowest BCUT2D eigenvalue weighted by molar-refractivity contribution is 0.414. The molecule has 0 saturated heterocycles. The molecule has 0 saturated carbocycles. The minimum atomic E-state index is 0.847. The molecule has 0 radical (unpaired) electrons. The molecule has 0 N–H and O–H groups in total. The predicted octanol–water partition coefficient (Wildman–Crippen LogP) is 4.16. The van der Waals surface area contributed by atoms with Gasteiger partial charge in [-0.15, -0.1) is 0 Å². The fourth-order valence-corrected chi connectivity index (χ4v) is 2.35. The minimum absolute atomic E-state index is 0.847. The summed E-state index contributed by atoms with van der Waals surface area (Å²) < 4.78 is 7.18. The largest absolute Gasteiger partial charge is 0.497 e. The average Bonchev–Trinajstić information content (AvgIpc) is 2.90. The standard InChI is InChI=1S/C18H18N2O/c1-13-4-6-15(7-5-13)18-12-14(2)19-20(18)16-8-10-17(21-3)11-9-16/h4-12H,1-3H3. The zero-order valence-corrected chi connectivity index (χ0v) is 12.5. The molecule has 1 heterocycles. The molecular weight excluding hydrogens is 260 g/mol. The van der Waals surface area contributed by atoms with E-state index in [4.69, 9.17) is 4.74 Å². The van der Waals surface area contributed by atoms with Gasteiger partial charge in [-0.3, -0.25) is 0 Å². The van der Waals surface area contributed by atoms with E-state index in [9.17, 15) is 0 Å². The van der Waals surface area contributed by atoms with Crippen LogP contribution in [0.15, 0.2) is 54.6 Å². The highest BCUT2D eigenvalue weighted by atomic mass is 16.5. The molecule has 0 bridgehead atoms. The van der Waals surface area contributed by atoms with Crippen LogP contribution >= 0.6 is 0 Å². The third-order valence-corrected chi connectivity index (χ3v) is 3.50. The molecule has 1 aromatic heterocycles. The second-order valence-electron chi connectivity index (χ2n) is 5.15. The Labute approximate surface area is 124 Å². The van der Waals surface area contributed by atoms with E-state index in [1.165, 1.54) is 5.56 Å². The van der Waals surface area contributed by atoms with Crippen molar-refractivity contribution in [2.45, 2.75) is 13.8 Å². The summed E-state index contributed by atoms with van der Waals surface area (Å²) in [7, 11) is 1.67. The highest BCUT2D eigenvalue weighted by Crippen LogP contribution is 2.25. The molecule has 3 rings (SSSR count). The lowest BCUT2D eigenvalue weighted by Crippen LogP contribution is -1.99. The molecule has 0 fully saturated rings. The average molecular weight is 278 g/mol. The molecule has 3 aromatic rings. The molecule has 0 unspecified atom stereocenters. The molecule has 0 aliphatic heterocycles. The molecule has 2 aromatic carbocycles. The highest BCUT2D eigenvalue weighted by Gasteiger charge is 2.09. The van der Waals surface area contributed by atoms with Gasteiger partial charge in [0, 0.05) is 5.56 Å². The fraction of sp³-hybridized carbons (Fsp3) is 0.167. The van der Waals surface area contributed by atoms with Gasteiger partial charge in [0.1, 0.15) is 5.75 Å². The van der Waals surface area contributed by atoms with Gasteiger partial charge >= 0.3 is 0 Å². The van der Waals surface area contributed by atoms with Gasteiger partial charge in [0.2, 0.25) is 0 Å². The fourth-order valence-electron chi connectivity index (χ4n) is 2.35. The zero-order valence-electron chi connectivity index (χ0n) is 12.5. The van der Waals surface area contributed by atoms with E-state index in [0.29, 0.717) is 0 Å². The normalized spacial score (nSPS) is 10.6. The van der Waals surface area contributed by atoms with E-state index < -0.39 is 0 Å². The van der Waals surface area contributed by atoms with E-state index in [1.54, 1.807) is 7.11 Å². The maximum atomic E-state index is 5.21. The van der Waals surface area contributed by atoms with Crippen LogP contribution in [0.2, 0.25) is 0 Å². The summed E-state index contributed by atoms with van der Waals surface area (Å²) in [5.41, 5.74) is 5.54. The van der Waals surface area contributed by atoms with Gasteiger partial charge in [0.05, 0.1) is 24.2 Å². The number of ether oxygens (including phenoxy) is 1. The third-order valence-electron chi connectivity index (χ3n) is 3.50. The molecule has 0 aliphatic rings. The highest BCUT2D eigenvalue weighted by molar-refractivity contribution is 5.63. The summed E-state index contributed by atoms with van der Waals surface area (Å²) in [5, 5.41) is 4.61. The van der Waals surface area contributed by atoms with Crippen molar-refractivity contribution >= 4 is 0 Å². The van der Waals surface area contributed by atoms with E-state index in [2.05, 4.69) is 42.4 Å². The summed E-state index contributed by atoms with van der Waals surface area (Å²) in [6.45, 7) is 4.10. The van der Waals surface area contributed by atoms with Gasteiger partial charge in [-0.2, -0.15) is 5.10 Å². The number of methoxy groups -OCH3 is 1.